The van der Waals surface area contributed by atoms with E-state index < -0.39 is 0 Å². The number of nitrogens with zero attached hydrogens (tertiary/aromatic N) is 1. The predicted molar refractivity (Wildman–Crippen MR) is 73.9 cm³/mol. The molecular formula is C15H18N2. The molecule has 1 heterocycles. The van der Waals surface area contributed by atoms with Gasteiger partial charge in [0.25, 0.3) is 0 Å². The second kappa shape index (κ2) is 5.11. The Morgan fingerprint density at radius 1 is 1.29 bits per heavy atom. The number of nitrogens with one attached hydrogen (secondary N) is 1. The fraction of sp³-hybridized carbons (Fsp3) is 0.267. The van der Waals surface area contributed by atoms with Crippen LogP contribution >= 0.6 is 0 Å². The summed E-state index contributed by atoms with van der Waals surface area (Å²) in [5, 5.41) is 4.43. The molecule has 1 unspecified atom stereocenters. The highest BCUT2D eigenvalue weighted by molar-refractivity contribution is 5.87. The number of pyridine rings is 1. The molecule has 0 bridgehead atoms. The van der Waals surface area contributed by atoms with Crippen molar-refractivity contribution < 1.29 is 0 Å². The summed E-state index contributed by atoms with van der Waals surface area (Å²) in [6, 6.07) is 10.7. The number of aromatic nitrogens is 1. The summed E-state index contributed by atoms with van der Waals surface area (Å²) in [6.07, 6.45) is 4.05. The van der Waals surface area contributed by atoms with Gasteiger partial charge < -0.3 is 5.32 Å². The highest BCUT2D eigenvalue weighted by atomic mass is 14.9. The van der Waals surface area contributed by atoms with E-state index in [2.05, 4.69) is 54.5 Å². The Bertz CT molecular complexity index is 538. The minimum absolute atomic E-state index is 0.383. The van der Waals surface area contributed by atoms with Gasteiger partial charge in [0.05, 0.1) is 5.52 Å². The number of likely N-dealkylation sites (N-methyl/N-ethyl adjacent to an activating group) is 1. The lowest BCUT2D eigenvalue weighted by atomic mass is 10.0. The van der Waals surface area contributed by atoms with Crippen LogP contribution in [0.25, 0.3) is 17.0 Å². The predicted octanol–water partition coefficient (Wildman–Crippen LogP) is 3.25. The molecule has 1 N–H and O–H groups in total. The van der Waals surface area contributed by atoms with Crippen molar-refractivity contribution >= 4 is 17.0 Å². The second-order valence-electron chi connectivity index (χ2n) is 4.32. The van der Waals surface area contributed by atoms with Gasteiger partial charge in [-0.1, -0.05) is 35.9 Å². The molecule has 0 spiro atoms. The first-order valence-corrected chi connectivity index (χ1v) is 5.91. The molecule has 0 amide bonds. The maximum atomic E-state index is 4.45. The van der Waals surface area contributed by atoms with E-state index in [1.165, 1.54) is 16.5 Å². The van der Waals surface area contributed by atoms with Gasteiger partial charge in [-0.25, -0.2) is 0 Å². The van der Waals surface area contributed by atoms with Crippen LogP contribution in [-0.2, 0) is 0 Å². The van der Waals surface area contributed by atoms with Gasteiger partial charge in [-0.15, -0.1) is 0 Å². The average molecular weight is 226 g/mol. The summed E-state index contributed by atoms with van der Waals surface area (Å²) in [6.45, 7) is 4.30. The van der Waals surface area contributed by atoms with Gasteiger partial charge in [-0.3, -0.25) is 4.98 Å². The van der Waals surface area contributed by atoms with Crippen LogP contribution in [0, 0.1) is 0 Å². The van der Waals surface area contributed by atoms with Crippen LogP contribution in [0.4, 0.5) is 0 Å². The molecule has 88 valence electrons. The summed E-state index contributed by atoms with van der Waals surface area (Å²) in [5.74, 6) is 0. The minimum Gasteiger partial charge on any atom is -0.314 e. The monoisotopic (exact) mass is 226 g/mol. The van der Waals surface area contributed by atoms with E-state index in [1.807, 2.05) is 19.3 Å². The van der Waals surface area contributed by atoms with Crippen LogP contribution in [0.2, 0.25) is 0 Å². The Labute approximate surface area is 102 Å². The molecular weight excluding hydrogens is 208 g/mol. The average Bonchev–Trinajstić information content (AvgIpc) is 2.38. The van der Waals surface area contributed by atoms with Crippen molar-refractivity contribution in [2.45, 2.75) is 19.9 Å². The molecule has 0 aliphatic heterocycles. The van der Waals surface area contributed by atoms with Crippen molar-refractivity contribution in [3.63, 3.8) is 0 Å². The van der Waals surface area contributed by atoms with E-state index >= 15 is 0 Å². The summed E-state index contributed by atoms with van der Waals surface area (Å²) in [5.41, 5.74) is 3.56. The third-order valence-corrected chi connectivity index (χ3v) is 3.16. The number of rotatable bonds is 3. The smallest absolute Gasteiger partial charge is 0.0774 e. The summed E-state index contributed by atoms with van der Waals surface area (Å²) in [4.78, 5) is 4.45. The van der Waals surface area contributed by atoms with Gasteiger partial charge >= 0.3 is 0 Å². The molecule has 2 heteroatoms. The maximum Gasteiger partial charge on any atom is 0.0774 e. The molecule has 1 aromatic heterocycles. The second-order valence-corrected chi connectivity index (χ2v) is 4.32. The van der Waals surface area contributed by atoms with Gasteiger partial charge in [-0.2, -0.15) is 0 Å². The van der Waals surface area contributed by atoms with Crippen LogP contribution in [0.3, 0.4) is 0 Å². The van der Waals surface area contributed by atoms with Gasteiger partial charge in [0.2, 0.25) is 0 Å². The normalized spacial score (nSPS) is 13.9. The zero-order valence-corrected chi connectivity index (χ0v) is 10.6. The van der Waals surface area contributed by atoms with Gasteiger partial charge in [-0.05, 0) is 27.0 Å². The van der Waals surface area contributed by atoms with Gasteiger partial charge in [0.15, 0.2) is 0 Å². The quantitative estimate of drug-likeness (QED) is 0.869. The van der Waals surface area contributed by atoms with Crippen molar-refractivity contribution in [1.82, 2.24) is 10.3 Å². The lowest BCUT2D eigenvalue weighted by Gasteiger charge is -2.11. The molecule has 0 saturated carbocycles. The number of hydrogen-bond donors (Lipinski definition) is 1. The SMILES string of the molecule is CNC(C)/C(C)=C/c1cccc2cccnc12. The molecule has 0 fully saturated rings. The van der Waals surface area contributed by atoms with Crippen LogP contribution in [0.15, 0.2) is 42.1 Å². The summed E-state index contributed by atoms with van der Waals surface area (Å²) >= 11 is 0. The minimum atomic E-state index is 0.383. The van der Waals surface area contributed by atoms with Crippen LogP contribution in [-0.4, -0.2) is 18.1 Å². The Balaban J connectivity index is 2.49. The highest BCUT2D eigenvalue weighted by Crippen LogP contribution is 2.19. The molecule has 1 aromatic carbocycles. The lowest BCUT2D eigenvalue weighted by Crippen LogP contribution is -2.21. The van der Waals surface area contributed by atoms with Crippen molar-refractivity contribution in [3.05, 3.63) is 47.7 Å². The molecule has 0 aliphatic carbocycles. The molecule has 2 rings (SSSR count). The first-order valence-electron chi connectivity index (χ1n) is 5.91. The fourth-order valence-corrected chi connectivity index (χ4v) is 1.84. The van der Waals surface area contributed by atoms with E-state index in [4.69, 9.17) is 0 Å². The third kappa shape index (κ3) is 2.53. The number of benzene rings is 1. The van der Waals surface area contributed by atoms with Crippen LogP contribution < -0.4 is 5.32 Å². The van der Waals surface area contributed by atoms with Crippen molar-refractivity contribution in [2.75, 3.05) is 7.05 Å². The highest BCUT2D eigenvalue weighted by Gasteiger charge is 2.03. The Hall–Kier alpha value is -1.67. The number of hydrogen-bond acceptors (Lipinski definition) is 2. The first-order chi connectivity index (χ1) is 8.22. The fourth-order valence-electron chi connectivity index (χ4n) is 1.84. The number of fused-ring (bicyclic) bond motifs is 1. The molecule has 0 saturated heterocycles. The molecule has 2 aromatic rings. The van der Waals surface area contributed by atoms with E-state index in [9.17, 15) is 0 Å². The zero-order chi connectivity index (χ0) is 12.3. The van der Waals surface area contributed by atoms with E-state index in [0.29, 0.717) is 6.04 Å². The Morgan fingerprint density at radius 2 is 2.06 bits per heavy atom. The summed E-state index contributed by atoms with van der Waals surface area (Å²) < 4.78 is 0. The Morgan fingerprint density at radius 3 is 2.82 bits per heavy atom. The third-order valence-electron chi connectivity index (χ3n) is 3.16. The van der Waals surface area contributed by atoms with Crippen LogP contribution in [0.1, 0.15) is 19.4 Å². The first kappa shape index (κ1) is 11.8. The topological polar surface area (TPSA) is 24.9 Å². The van der Waals surface area contributed by atoms with E-state index in [-0.39, 0.29) is 0 Å². The maximum absolute atomic E-state index is 4.45. The molecule has 17 heavy (non-hydrogen) atoms. The van der Waals surface area contributed by atoms with Gasteiger partial charge in [0.1, 0.15) is 0 Å². The molecule has 0 aliphatic rings. The Kier molecular flexibility index (Phi) is 3.55. The van der Waals surface area contributed by atoms with Crippen LogP contribution in [0.5, 0.6) is 0 Å². The van der Waals surface area contributed by atoms with Crippen molar-refractivity contribution in [2.24, 2.45) is 0 Å². The standard InChI is InChI=1S/C15H18N2/c1-11(12(2)16-3)10-14-7-4-6-13-8-5-9-17-15(13)14/h4-10,12,16H,1-3H3/b11-10+. The largest absolute Gasteiger partial charge is 0.314 e. The zero-order valence-electron chi connectivity index (χ0n) is 10.6. The summed E-state index contributed by atoms with van der Waals surface area (Å²) in [7, 11) is 1.98. The lowest BCUT2D eigenvalue weighted by molar-refractivity contribution is 0.696. The van der Waals surface area contributed by atoms with E-state index in [0.717, 1.165) is 5.52 Å². The molecule has 2 nitrogen and oxygen atoms in total. The van der Waals surface area contributed by atoms with Crippen molar-refractivity contribution in [3.8, 4) is 0 Å². The number of para-hydroxylation sites is 1. The molecule has 0 radical (unpaired) electrons. The van der Waals surface area contributed by atoms with Crippen molar-refractivity contribution in [1.29, 1.82) is 0 Å². The van der Waals surface area contributed by atoms with Gasteiger partial charge in [0, 0.05) is 23.2 Å². The molecule has 1 atom stereocenters. The van der Waals surface area contributed by atoms with E-state index in [1.54, 1.807) is 0 Å².